The summed E-state index contributed by atoms with van der Waals surface area (Å²) in [5.74, 6) is 0.602. The highest BCUT2D eigenvalue weighted by atomic mass is 16.5. The zero-order chi connectivity index (χ0) is 16.8. The van der Waals surface area contributed by atoms with E-state index in [4.69, 9.17) is 4.74 Å². The number of nitrogens with zero attached hydrogens (tertiary/aromatic N) is 1. The number of rotatable bonds is 4. The molecule has 126 valence electrons. The molecule has 1 heterocycles. The number of benzene rings is 1. The van der Waals surface area contributed by atoms with Gasteiger partial charge in [0.25, 0.3) is 5.91 Å². The first-order valence-electron chi connectivity index (χ1n) is 7.81. The molecule has 2 rings (SSSR count). The van der Waals surface area contributed by atoms with Crippen LogP contribution in [-0.4, -0.2) is 58.3 Å². The van der Waals surface area contributed by atoms with Crippen molar-refractivity contribution in [2.75, 3.05) is 45.2 Å². The number of urea groups is 1. The van der Waals surface area contributed by atoms with Crippen molar-refractivity contribution >= 4 is 17.6 Å². The van der Waals surface area contributed by atoms with Gasteiger partial charge in [-0.25, -0.2) is 4.79 Å². The quantitative estimate of drug-likeness (QED) is 0.682. The summed E-state index contributed by atoms with van der Waals surface area (Å²) in [6, 6.07) is 7.28. The molecule has 0 spiro atoms. The number of ether oxygens (including phenoxy) is 1. The van der Waals surface area contributed by atoms with Gasteiger partial charge in [-0.2, -0.15) is 0 Å². The van der Waals surface area contributed by atoms with Gasteiger partial charge in [0.2, 0.25) is 0 Å². The minimum Gasteiger partial charge on any atom is -0.497 e. The van der Waals surface area contributed by atoms with Gasteiger partial charge < -0.3 is 19.9 Å². The van der Waals surface area contributed by atoms with Crippen LogP contribution in [0.15, 0.2) is 24.3 Å². The van der Waals surface area contributed by atoms with Crippen molar-refractivity contribution in [3.8, 4) is 5.75 Å². The van der Waals surface area contributed by atoms with Gasteiger partial charge in [0.05, 0.1) is 33.3 Å². The zero-order valence-corrected chi connectivity index (χ0v) is 13.9. The number of amides is 3. The molecule has 1 saturated heterocycles. The second-order valence-corrected chi connectivity index (χ2v) is 5.64. The molecule has 1 aromatic rings. The second kappa shape index (κ2) is 7.82. The molecular formula is C16H25N4O3+. The molecule has 3 N–H and O–H groups in total. The molecule has 0 saturated carbocycles. The van der Waals surface area contributed by atoms with E-state index in [1.54, 1.807) is 7.11 Å². The molecule has 0 radical (unpaired) electrons. The molecule has 0 bridgehead atoms. The Morgan fingerprint density at radius 1 is 1.30 bits per heavy atom. The van der Waals surface area contributed by atoms with Crippen molar-refractivity contribution in [1.29, 1.82) is 0 Å². The lowest BCUT2D eigenvalue weighted by atomic mass is 10.2. The van der Waals surface area contributed by atoms with E-state index in [-0.39, 0.29) is 11.9 Å². The van der Waals surface area contributed by atoms with Crippen LogP contribution in [0.4, 0.5) is 10.5 Å². The van der Waals surface area contributed by atoms with Gasteiger partial charge in [-0.15, -0.1) is 0 Å². The number of methoxy groups -OCH3 is 1. The minimum atomic E-state index is -0.462. The number of carbonyl (C=O) groups excluding carboxylic acids is 2. The van der Waals surface area contributed by atoms with Crippen LogP contribution in [0.3, 0.4) is 0 Å². The number of quaternary nitrogens is 1. The van der Waals surface area contributed by atoms with Crippen molar-refractivity contribution in [3.63, 3.8) is 0 Å². The number of hydrogen-bond donors (Lipinski definition) is 3. The van der Waals surface area contributed by atoms with Crippen LogP contribution in [0.1, 0.15) is 6.92 Å². The molecule has 0 unspecified atom stereocenters. The number of piperazine rings is 1. The number of carbonyl (C=O) groups is 2. The van der Waals surface area contributed by atoms with Gasteiger partial charge in [0.15, 0.2) is 6.04 Å². The average molecular weight is 321 g/mol. The van der Waals surface area contributed by atoms with E-state index >= 15 is 0 Å². The van der Waals surface area contributed by atoms with Gasteiger partial charge in [0.1, 0.15) is 5.75 Å². The second-order valence-electron chi connectivity index (χ2n) is 5.64. The Balaban J connectivity index is 1.90. The Bertz CT molecular complexity index is 556. The number of hydrogen-bond acceptors (Lipinski definition) is 4. The fourth-order valence-electron chi connectivity index (χ4n) is 2.76. The monoisotopic (exact) mass is 321 g/mol. The molecule has 1 aromatic carbocycles. The van der Waals surface area contributed by atoms with Crippen LogP contribution in [0.2, 0.25) is 0 Å². The largest absolute Gasteiger partial charge is 0.497 e. The summed E-state index contributed by atoms with van der Waals surface area (Å²) in [6.07, 6.45) is 0. The third kappa shape index (κ3) is 4.35. The molecule has 7 nitrogen and oxygen atoms in total. The topological polar surface area (TPSA) is 75.1 Å². The Kier molecular flexibility index (Phi) is 5.81. The fourth-order valence-corrected chi connectivity index (χ4v) is 2.76. The lowest BCUT2D eigenvalue weighted by Gasteiger charge is -2.36. The highest BCUT2D eigenvalue weighted by Crippen LogP contribution is 2.20. The van der Waals surface area contributed by atoms with Crippen molar-refractivity contribution in [2.24, 2.45) is 0 Å². The summed E-state index contributed by atoms with van der Waals surface area (Å²) in [7, 11) is 3.15. The predicted octanol–water partition coefficient (Wildman–Crippen LogP) is -0.756. The maximum atomic E-state index is 12.0. The van der Waals surface area contributed by atoms with Crippen molar-refractivity contribution in [1.82, 2.24) is 10.6 Å². The predicted molar refractivity (Wildman–Crippen MR) is 88.0 cm³/mol. The maximum absolute atomic E-state index is 12.0. The molecule has 0 aromatic heterocycles. The zero-order valence-electron chi connectivity index (χ0n) is 13.9. The van der Waals surface area contributed by atoms with Crippen LogP contribution in [0.5, 0.6) is 5.75 Å². The lowest BCUT2D eigenvalue weighted by molar-refractivity contribution is -0.914. The molecular weight excluding hydrogens is 296 g/mol. The molecule has 0 aliphatic carbocycles. The van der Waals surface area contributed by atoms with Gasteiger partial charge in [-0.05, 0) is 19.1 Å². The third-order valence-corrected chi connectivity index (χ3v) is 4.29. The van der Waals surface area contributed by atoms with Crippen molar-refractivity contribution in [2.45, 2.75) is 13.0 Å². The van der Waals surface area contributed by atoms with Crippen LogP contribution >= 0.6 is 0 Å². The van der Waals surface area contributed by atoms with Crippen molar-refractivity contribution < 1.29 is 19.2 Å². The van der Waals surface area contributed by atoms with Crippen LogP contribution in [0, 0.1) is 0 Å². The number of imide groups is 1. The smallest absolute Gasteiger partial charge is 0.321 e. The first-order chi connectivity index (χ1) is 11.0. The SMILES string of the molecule is CNC(=O)NC(=O)[C@@H](C)[NH+]1CCN(c2cccc(OC)c2)CC1. The highest BCUT2D eigenvalue weighted by molar-refractivity contribution is 5.96. The molecule has 1 atom stereocenters. The molecule has 7 heteroatoms. The lowest BCUT2D eigenvalue weighted by Crippen LogP contribution is -3.19. The first kappa shape index (κ1) is 17.1. The summed E-state index contributed by atoms with van der Waals surface area (Å²) < 4.78 is 5.26. The van der Waals surface area contributed by atoms with E-state index in [1.165, 1.54) is 11.9 Å². The number of anilines is 1. The minimum absolute atomic E-state index is 0.241. The van der Waals surface area contributed by atoms with E-state index in [2.05, 4.69) is 21.6 Å². The fraction of sp³-hybridized carbons (Fsp3) is 0.500. The summed E-state index contributed by atoms with van der Waals surface area (Å²) in [5, 5.41) is 4.74. The van der Waals surface area contributed by atoms with Gasteiger partial charge in [-0.1, -0.05) is 6.07 Å². The first-order valence-corrected chi connectivity index (χ1v) is 7.81. The molecule has 1 fully saturated rings. The van der Waals surface area contributed by atoms with Crippen molar-refractivity contribution in [3.05, 3.63) is 24.3 Å². The molecule has 3 amide bonds. The van der Waals surface area contributed by atoms with E-state index < -0.39 is 6.03 Å². The van der Waals surface area contributed by atoms with E-state index in [1.807, 2.05) is 25.1 Å². The third-order valence-electron chi connectivity index (χ3n) is 4.29. The van der Waals surface area contributed by atoms with Gasteiger partial charge in [0, 0.05) is 18.8 Å². The highest BCUT2D eigenvalue weighted by Gasteiger charge is 2.30. The standard InChI is InChI=1S/C16H24N4O3/c1-12(15(21)18-16(22)17-2)19-7-9-20(10-8-19)13-5-4-6-14(11-13)23-3/h4-6,11-12H,7-10H2,1-3H3,(H2,17,18,21,22)/p+1/t12-/m1/s1. The van der Waals surface area contributed by atoms with Gasteiger partial charge in [-0.3, -0.25) is 10.1 Å². The average Bonchev–Trinajstić information content (AvgIpc) is 2.61. The van der Waals surface area contributed by atoms with E-state index in [0.717, 1.165) is 37.6 Å². The summed E-state index contributed by atoms with van der Waals surface area (Å²) in [4.78, 5) is 26.7. The number of nitrogens with one attached hydrogen (secondary N) is 3. The summed E-state index contributed by atoms with van der Waals surface area (Å²) in [5.41, 5.74) is 1.13. The normalized spacial score (nSPS) is 16.6. The van der Waals surface area contributed by atoms with E-state index in [9.17, 15) is 9.59 Å². The molecule has 23 heavy (non-hydrogen) atoms. The van der Waals surface area contributed by atoms with Gasteiger partial charge >= 0.3 is 6.03 Å². The van der Waals surface area contributed by atoms with Crippen LogP contribution in [-0.2, 0) is 4.79 Å². The Morgan fingerprint density at radius 3 is 2.61 bits per heavy atom. The Labute approximate surface area is 136 Å². The summed E-state index contributed by atoms with van der Waals surface area (Å²) >= 11 is 0. The van der Waals surface area contributed by atoms with Crippen LogP contribution in [0.25, 0.3) is 0 Å². The Morgan fingerprint density at radius 2 is 2.00 bits per heavy atom. The van der Waals surface area contributed by atoms with E-state index in [0.29, 0.717) is 0 Å². The molecule has 1 aliphatic heterocycles. The summed E-state index contributed by atoms with van der Waals surface area (Å²) in [6.45, 7) is 5.27. The molecule has 1 aliphatic rings. The maximum Gasteiger partial charge on any atom is 0.321 e. The Hall–Kier alpha value is -2.28. The van der Waals surface area contributed by atoms with Crippen LogP contribution < -0.4 is 25.2 Å².